The van der Waals surface area contributed by atoms with Crippen LogP contribution in [0.5, 0.6) is 5.75 Å². The quantitative estimate of drug-likeness (QED) is 0.461. The van der Waals surface area contributed by atoms with E-state index in [0.29, 0.717) is 6.61 Å². The summed E-state index contributed by atoms with van der Waals surface area (Å²) in [5, 5.41) is 22.6. The molecule has 0 heterocycles. The molecule has 0 aliphatic rings. The van der Waals surface area contributed by atoms with Gasteiger partial charge in [-0.25, -0.2) is 4.39 Å². The van der Waals surface area contributed by atoms with E-state index in [1.807, 2.05) is 0 Å². The Kier molecular flexibility index (Phi) is 5.38. The first-order chi connectivity index (χ1) is 8.60. The van der Waals surface area contributed by atoms with Gasteiger partial charge in [0, 0.05) is 10.5 Å². The molecule has 0 saturated carbocycles. The third-order valence-corrected chi connectivity index (χ3v) is 2.29. The van der Waals surface area contributed by atoms with Crippen molar-refractivity contribution in [2.45, 2.75) is 19.1 Å². The molecule has 2 atom stereocenters. The molecule has 0 bridgehead atoms. The van der Waals surface area contributed by atoms with Crippen LogP contribution in [0.3, 0.4) is 0 Å². The van der Waals surface area contributed by atoms with Crippen molar-refractivity contribution in [1.29, 1.82) is 0 Å². The summed E-state index contributed by atoms with van der Waals surface area (Å²) in [7, 11) is 0. The van der Waals surface area contributed by atoms with E-state index in [9.17, 15) is 14.6 Å². The van der Waals surface area contributed by atoms with E-state index >= 15 is 0 Å². The van der Waals surface area contributed by atoms with Gasteiger partial charge in [-0.1, -0.05) is 5.11 Å². The van der Waals surface area contributed by atoms with Crippen LogP contribution >= 0.6 is 0 Å². The van der Waals surface area contributed by atoms with Crippen LogP contribution in [-0.4, -0.2) is 29.5 Å². The van der Waals surface area contributed by atoms with E-state index in [1.54, 1.807) is 6.92 Å². The number of ether oxygens (including phenoxy) is 1. The van der Waals surface area contributed by atoms with Crippen molar-refractivity contribution in [2.75, 3.05) is 13.2 Å². The Labute approximate surface area is 103 Å². The van der Waals surface area contributed by atoms with Crippen LogP contribution in [0.4, 0.5) is 4.39 Å². The second-order valence-electron chi connectivity index (χ2n) is 3.54. The van der Waals surface area contributed by atoms with Crippen LogP contribution in [0.25, 0.3) is 10.4 Å². The monoisotopic (exact) mass is 255 g/mol. The Morgan fingerprint density at radius 2 is 2.22 bits per heavy atom. The maximum atomic E-state index is 13.1. The van der Waals surface area contributed by atoms with Gasteiger partial charge in [-0.2, -0.15) is 0 Å². The minimum atomic E-state index is -1.38. The fraction of sp³-hybridized carbons (Fsp3) is 0.455. The van der Waals surface area contributed by atoms with Gasteiger partial charge in [-0.05, 0) is 30.7 Å². The molecule has 6 nitrogen and oxygen atoms in total. The van der Waals surface area contributed by atoms with E-state index in [2.05, 4.69) is 10.0 Å². The lowest BCUT2D eigenvalue weighted by Gasteiger charge is -2.19. The predicted molar refractivity (Wildman–Crippen MR) is 62.5 cm³/mol. The molecule has 18 heavy (non-hydrogen) atoms. The van der Waals surface area contributed by atoms with Crippen molar-refractivity contribution in [2.24, 2.45) is 5.11 Å². The molecule has 0 aliphatic carbocycles. The Morgan fingerprint density at radius 1 is 1.50 bits per heavy atom. The number of benzene rings is 1. The highest BCUT2D eigenvalue weighted by Crippen LogP contribution is 2.28. The van der Waals surface area contributed by atoms with Gasteiger partial charge < -0.3 is 14.9 Å². The largest absolute Gasteiger partial charge is 0.493 e. The van der Waals surface area contributed by atoms with Gasteiger partial charge in [0.1, 0.15) is 17.7 Å². The number of hydrogen-bond donors (Lipinski definition) is 2. The van der Waals surface area contributed by atoms with Crippen LogP contribution in [-0.2, 0) is 0 Å². The molecule has 98 valence electrons. The molecule has 2 N–H and O–H groups in total. The standard InChI is InChI=1S/C11H14FN3O3/c1-2-18-10-4-3-7(12)5-8(10)11(17)9(16)6-14-15-13/h3-5,9,11,16-17H,2,6H2,1H3. The molecule has 7 heteroatoms. The van der Waals surface area contributed by atoms with Gasteiger partial charge >= 0.3 is 0 Å². The zero-order valence-electron chi connectivity index (χ0n) is 9.82. The van der Waals surface area contributed by atoms with Crippen LogP contribution in [0.15, 0.2) is 23.3 Å². The van der Waals surface area contributed by atoms with Gasteiger partial charge in [-0.15, -0.1) is 0 Å². The average molecular weight is 255 g/mol. The van der Waals surface area contributed by atoms with Gasteiger partial charge in [0.15, 0.2) is 0 Å². The SMILES string of the molecule is CCOc1ccc(F)cc1C(O)C(O)CN=[N+]=[N-]. The number of hydrogen-bond acceptors (Lipinski definition) is 4. The summed E-state index contributed by atoms with van der Waals surface area (Å²) in [6.45, 7) is 1.79. The highest BCUT2D eigenvalue weighted by Gasteiger charge is 2.22. The normalized spacial score (nSPS) is 13.6. The third kappa shape index (κ3) is 3.59. The molecule has 2 unspecified atom stereocenters. The number of azide groups is 1. The summed E-state index contributed by atoms with van der Waals surface area (Å²) in [4.78, 5) is 2.48. The second-order valence-corrected chi connectivity index (χ2v) is 3.54. The molecular weight excluding hydrogens is 241 g/mol. The molecule has 1 rings (SSSR count). The summed E-state index contributed by atoms with van der Waals surface area (Å²) in [5.74, 6) is -0.269. The lowest BCUT2D eigenvalue weighted by Crippen LogP contribution is -2.22. The van der Waals surface area contributed by atoms with Crippen LogP contribution < -0.4 is 4.74 Å². The number of aliphatic hydroxyl groups excluding tert-OH is 2. The molecule has 0 aliphatic heterocycles. The zero-order chi connectivity index (χ0) is 13.5. The molecule has 0 radical (unpaired) electrons. The number of rotatable bonds is 6. The minimum absolute atomic E-state index is 0.123. The van der Waals surface area contributed by atoms with Gasteiger partial charge in [0.05, 0.1) is 19.3 Å². The first-order valence-electron chi connectivity index (χ1n) is 5.39. The molecule has 0 fully saturated rings. The van der Waals surface area contributed by atoms with E-state index in [-0.39, 0.29) is 17.9 Å². The van der Waals surface area contributed by atoms with Crippen molar-refractivity contribution >= 4 is 0 Å². The first-order valence-corrected chi connectivity index (χ1v) is 5.39. The summed E-state index contributed by atoms with van der Waals surface area (Å²) in [5.41, 5.74) is 8.25. The van der Waals surface area contributed by atoms with Gasteiger partial charge in [0.2, 0.25) is 0 Å². The van der Waals surface area contributed by atoms with Crippen LogP contribution in [0.2, 0.25) is 0 Å². The molecule has 1 aromatic carbocycles. The first kappa shape index (κ1) is 14.2. The maximum Gasteiger partial charge on any atom is 0.125 e. The lowest BCUT2D eigenvalue weighted by atomic mass is 10.0. The minimum Gasteiger partial charge on any atom is -0.493 e. The summed E-state index contributed by atoms with van der Waals surface area (Å²) < 4.78 is 18.4. The fourth-order valence-electron chi connectivity index (χ4n) is 1.46. The highest BCUT2D eigenvalue weighted by atomic mass is 19.1. The predicted octanol–water partition coefficient (Wildman–Crippen LogP) is 1.93. The van der Waals surface area contributed by atoms with Crippen molar-refractivity contribution < 1.29 is 19.3 Å². The smallest absolute Gasteiger partial charge is 0.125 e. The zero-order valence-corrected chi connectivity index (χ0v) is 9.82. The molecule has 0 aromatic heterocycles. The Balaban J connectivity index is 2.97. The van der Waals surface area contributed by atoms with Crippen LogP contribution in [0, 0.1) is 5.82 Å². The highest BCUT2D eigenvalue weighted by molar-refractivity contribution is 5.36. The summed E-state index contributed by atoms with van der Waals surface area (Å²) in [6.07, 6.45) is -2.70. The third-order valence-electron chi connectivity index (χ3n) is 2.29. The van der Waals surface area contributed by atoms with E-state index in [0.717, 1.165) is 6.07 Å². The van der Waals surface area contributed by atoms with Crippen LogP contribution in [0.1, 0.15) is 18.6 Å². The Bertz CT molecular complexity index is 449. The fourth-order valence-corrected chi connectivity index (χ4v) is 1.46. The van der Waals surface area contributed by atoms with Gasteiger partial charge in [-0.3, -0.25) is 0 Å². The van der Waals surface area contributed by atoms with E-state index < -0.39 is 18.0 Å². The molecular formula is C11H14FN3O3. The number of nitrogens with zero attached hydrogens (tertiary/aromatic N) is 3. The number of halogens is 1. The molecule has 0 amide bonds. The summed E-state index contributed by atoms with van der Waals surface area (Å²) >= 11 is 0. The maximum absolute atomic E-state index is 13.1. The molecule has 0 spiro atoms. The van der Waals surface area contributed by atoms with Crippen molar-refractivity contribution in [1.82, 2.24) is 0 Å². The molecule has 0 saturated heterocycles. The van der Waals surface area contributed by atoms with Crippen molar-refractivity contribution in [3.05, 3.63) is 40.0 Å². The average Bonchev–Trinajstić information content (AvgIpc) is 2.37. The summed E-state index contributed by atoms with van der Waals surface area (Å²) in [6, 6.07) is 3.65. The Morgan fingerprint density at radius 3 is 2.83 bits per heavy atom. The lowest BCUT2D eigenvalue weighted by molar-refractivity contribution is 0.0225. The number of aliphatic hydroxyl groups is 2. The second kappa shape index (κ2) is 6.80. The Hall–Kier alpha value is -1.82. The van der Waals surface area contributed by atoms with E-state index in [4.69, 9.17) is 10.3 Å². The van der Waals surface area contributed by atoms with Gasteiger partial charge in [0.25, 0.3) is 0 Å². The van der Waals surface area contributed by atoms with Crippen molar-refractivity contribution in [3.8, 4) is 5.75 Å². The molecule has 1 aromatic rings. The topological polar surface area (TPSA) is 98.5 Å². The van der Waals surface area contributed by atoms with E-state index in [1.165, 1.54) is 12.1 Å². The van der Waals surface area contributed by atoms with Crippen molar-refractivity contribution in [3.63, 3.8) is 0 Å².